The van der Waals surface area contributed by atoms with E-state index in [0.29, 0.717) is 6.42 Å². The fraction of sp³-hybridized carbons (Fsp3) is 0.714. The highest BCUT2D eigenvalue weighted by atomic mass is 16.6. The molecule has 0 saturated carbocycles. The molecule has 0 aliphatic carbocycles. The Hall–Kier alpha value is -0.880. The van der Waals surface area contributed by atoms with Gasteiger partial charge in [0.2, 0.25) is 0 Å². The van der Waals surface area contributed by atoms with Gasteiger partial charge in [0.15, 0.2) is 5.79 Å². The highest BCUT2D eigenvalue weighted by Gasteiger charge is 2.09. The van der Waals surface area contributed by atoms with Crippen LogP contribution in [0.5, 0.6) is 0 Å². The molecule has 0 aliphatic rings. The van der Waals surface area contributed by atoms with Gasteiger partial charge in [-0.05, 0) is 39.4 Å². The van der Waals surface area contributed by atoms with E-state index in [-0.39, 0.29) is 12.6 Å². The standard InChI is InChI=1S/C8H13NO2.C4H10O2.C2H6/c1-9-7(4-5-10)8-3-2-6-11-8;1-4(2,5)6-3;1-2/h2-3,6-7,9-10H,4-5H2,1H3;5H,1-3H3;1-2H3/t7-;;/m1../s1. The molecule has 3 N–H and O–H groups in total. The van der Waals surface area contributed by atoms with Gasteiger partial charge in [0.1, 0.15) is 5.76 Å². The van der Waals surface area contributed by atoms with E-state index in [1.165, 1.54) is 7.11 Å². The Morgan fingerprint density at radius 1 is 1.42 bits per heavy atom. The maximum atomic E-state index is 8.68. The lowest BCUT2D eigenvalue weighted by atomic mass is 10.2. The van der Waals surface area contributed by atoms with Crippen molar-refractivity contribution >= 4 is 0 Å². The minimum absolute atomic E-state index is 0.134. The molecule has 1 aromatic rings. The molecule has 1 aromatic heterocycles. The largest absolute Gasteiger partial charge is 0.468 e. The topological polar surface area (TPSA) is 74.9 Å². The summed E-state index contributed by atoms with van der Waals surface area (Å²) in [6, 6.07) is 3.88. The number of ether oxygens (including phenoxy) is 1. The molecular weight excluding hydrogens is 246 g/mol. The first-order valence-electron chi connectivity index (χ1n) is 6.53. The van der Waals surface area contributed by atoms with Crippen LogP contribution in [-0.2, 0) is 4.74 Å². The summed E-state index contributed by atoms with van der Waals surface area (Å²) in [6.45, 7) is 7.33. The molecule has 5 nitrogen and oxygen atoms in total. The zero-order valence-corrected chi connectivity index (χ0v) is 12.9. The predicted molar refractivity (Wildman–Crippen MR) is 76.9 cm³/mol. The monoisotopic (exact) mass is 275 g/mol. The smallest absolute Gasteiger partial charge is 0.159 e. The Morgan fingerprint density at radius 3 is 2.21 bits per heavy atom. The van der Waals surface area contributed by atoms with Gasteiger partial charge < -0.3 is 24.7 Å². The molecule has 5 heteroatoms. The van der Waals surface area contributed by atoms with Crippen LogP contribution in [-0.4, -0.2) is 36.8 Å². The number of hydrogen-bond acceptors (Lipinski definition) is 5. The predicted octanol–water partition coefficient (Wildman–Crippen LogP) is 2.31. The summed E-state index contributed by atoms with van der Waals surface area (Å²) < 4.78 is 9.66. The van der Waals surface area contributed by atoms with Gasteiger partial charge in [0.05, 0.1) is 12.3 Å². The lowest BCUT2D eigenvalue weighted by Gasteiger charge is -2.12. The third-order valence-corrected chi connectivity index (χ3v) is 2.15. The molecule has 19 heavy (non-hydrogen) atoms. The fourth-order valence-electron chi connectivity index (χ4n) is 1.05. The molecule has 0 fully saturated rings. The van der Waals surface area contributed by atoms with Gasteiger partial charge in [-0.15, -0.1) is 0 Å². The molecule has 1 heterocycles. The number of hydrogen-bond donors (Lipinski definition) is 3. The second-order valence-electron chi connectivity index (χ2n) is 4.02. The first-order chi connectivity index (χ1) is 8.94. The summed E-state index contributed by atoms with van der Waals surface area (Å²) in [5.74, 6) is -0.0819. The first kappa shape index (κ1) is 20.4. The molecule has 0 radical (unpaired) electrons. The van der Waals surface area contributed by atoms with Gasteiger partial charge in [-0.3, -0.25) is 0 Å². The summed E-state index contributed by atoms with van der Waals surface area (Å²) in [5, 5.41) is 20.3. The molecule has 114 valence electrons. The summed E-state index contributed by atoms with van der Waals surface area (Å²) in [7, 11) is 3.31. The SMILES string of the molecule is CC.CN[C@H](CCO)c1ccco1.COC(C)(C)O. The van der Waals surface area contributed by atoms with E-state index < -0.39 is 5.79 Å². The minimum Gasteiger partial charge on any atom is -0.468 e. The van der Waals surface area contributed by atoms with Crippen molar-refractivity contribution in [2.45, 2.75) is 45.9 Å². The van der Waals surface area contributed by atoms with E-state index in [2.05, 4.69) is 10.1 Å². The summed E-state index contributed by atoms with van der Waals surface area (Å²) in [4.78, 5) is 0. The number of aliphatic hydroxyl groups excluding tert-OH is 1. The maximum Gasteiger partial charge on any atom is 0.159 e. The molecule has 0 aromatic carbocycles. The second kappa shape index (κ2) is 12.2. The number of rotatable bonds is 5. The Morgan fingerprint density at radius 2 is 1.95 bits per heavy atom. The molecule has 0 bridgehead atoms. The number of furan rings is 1. The number of aliphatic hydroxyl groups is 2. The van der Waals surface area contributed by atoms with Crippen LogP contribution in [0, 0.1) is 0 Å². The number of nitrogens with one attached hydrogen (secondary N) is 1. The quantitative estimate of drug-likeness (QED) is 0.719. The van der Waals surface area contributed by atoms with Crippen molar-refractivity contribution in [2.75, 3.05) is 20.8 Å². The van der Waals surface area contributed by atoms with E-state index in [4.69, 9.17) is 14.6 Å². The molecule has 0 unspecified atom stereocenters. The van der Waals surface area contributed by atoms with E-state index in [9.17, 15) is 0 Å². The van der Waals surface area contributed by atoms with Crippen molar-refractivity contribution in [2.24, 2.45) is 0 Å². The van der Waals surface area contributed by atoms with E-state index in [1.54, 1.807) is 20.1 Å². The average molecular weight is 275 g/mol. The van der Waals surface area contributed by atoms with Crippen molar-refractivity contribution < 1.29 is 19.4 Å². The van der Waals surface area contributed by atoms with Crippen LogP contribution in [0.1, 0.15) is 45.9 Å². The zero-order valence-electron chi connectivity index (χ0n) is 12.9. The van der Waals surface area contributed by atoms with Gasteiger partial charge in [-0.2, -0.15) is 0 Å². The van der Waals surface area contributed by atoms with Crippen LogP contribution in [0.3, 0.4) is 0 Å². The molecular formula is C14H29NO4. The highest BCUT2D eigenvalue weighted by molar-refractivity contribution is 5.03. The summed E-state index contributed by atoms with van der Waals surface area (Å²) >= 11 is 0. The third-order valence-electron chi connectivity index (χ3n) is 2.15. The van der Waals surface area contributed by atoms with Crippen molar-refractivity contribution in [3.05, 3.63) is 24.2 Å². The summed E-state index contributed by atoms with van der Waals surface area (Å²) in [6.07, 6.45) is 2.32. The molecule has 0 aliphatic heterocycles. The van der Waals surface area contributed by atoms with Crippen molar-refractivity contribution in [1.82, 2.24) is 5.32 Å². The van der Waals surface area contributed by atoms with Crippen molar-refractivity contribution in [3.63, 3.8) is 0 Å². The van der Waals surface area contributed by atoms with Crippen LogP contribution in [0.2, 0.25) is 0 Å². The van der Waals surface area contributed by atoms with Gasteiger partial charge in [-0.1, -0.05) is 13.8 Å². The van der Waals surface area contributed by atoms with Crippen LogP contribution in [0.15, 0.2) is 22.8 Å². The molecule has 1 atom stereocenters. The first-order valence-corrected chi connectivity index (χ1v) is 6.53. The zero-order chi connectivity index (χ0) is 15.3. The van der Waals surface area contributed by atoms with Crippen LogP contribution in [0.25, 0.3) is 0 Å². The van der Waals surface area contributed by atoms with Gasteiger partial charge in [0, 0.05) is 13.7 Å². The molecule has 0 amide bonds. The van der Waals surface area contributed by atoms with Gasteiger partial charge in [-0.25, -0.2) is 0 Å². The summed E-state index contributed by atoms with van der Waals surface area (Å²) in [5.41, 5.74) is 0. The Balaban J connectivity index is 0. The van der Waals surface area contributed by atoms with E-state index in [1.807, 2.05) is 33.0 Å². The maximum absolute atomic E-state index is 8.68. The molecule has 0 saturated heterocycles. The Labute approximate surface area is 116 Å². The van der Waals surface area contributed by atoms with Crippen LogP contribution in [0.4, 0.5) is 0 Å². The van der Waals surface area contributed by atoms with E-state index >= 15 is 0 Å². The third kappa shape index (κ3) is 11.9. The van der Waals surface area contributed by atoms with Crippen molar-refractivity contribution in [3.8, 4) is 0 Å². The van der Waals surface area contributed by atoms with Crippen LogP contribution < -0.4 is 5.32 Å². The Bertz CT molecular complexity index is 267. The van der Waals surface area contributed by atoms with Gasteiger partial charge >= 0.3 is 0 Å². The molecule has 1 rings (SSSR count). The normalized spacial score (nSPS) is 11.8. The lowest BCUT2D eigenvalue weighted by Crippen LogP contribution is -2.20. The minimum atomic E-state index is -0.958. The van der Waals surface area contributed by atoms with Crippen molar-refractivity contribution in [1.29, 1.82) is 0 Å². The highest BCUT2D eigenvalue weighted by Crippen LogP contribution is 2.15. The lowest BCUT2D eigenvalue weighted by molar-refractivity contribution is -0.155. The molecule has 0 spiro atoms. The van der Waals surface area contributed by atoms with Crippen LogP contribution >= 0.6 is 0 Å². The van der Waals surface area contributed by atoms with E-state index in [0.717, 1.165) is 5.76 Å². The average Bonchev–Trinajstić information content (AvgIpc) is 2.92. The Kier molecular flexibility index (Phi) is 13.1. The fourth-order valence-corrected chi connectivity index (χ4v) is 1.05. The second-order valence-corrected chi connectivity index (χ2v) is 4.02. The number of methoxy groups -OCH3 is 1. The van der Waals surface area contributed by atoms with Gasteiger partial charge in [0.25, 0.3) is 0 Å².